The van der Waals surface area contributed by atoms with Gasteiger partial charge in [-0.25, -0.2) is 0 Å². The summed E-state index contributed by atoms with van der Waals surface area (Å²) >= 11 is 0. The van der Waals surface area contributed by atoms with Crippen molar-refractivity contribution in [2.24, 2.45) is 4.99 Å². The molecule has 0 radical (unpaired) electrons. The Hall–Kier alpha value is -1.23. The number of phenolic OH excluding ortho intramolecular Hbond substituents is 2. The van der Waals surface area contributed by atoms with Gasteiger partial charge >= 0.3 is 0 Å². The number of hydrogen-bond acceptors (Lipinski definition) is 4. The summed E-state index contributed by atoms with van der Waals surface area (Å²) in [5.74, 6) is 1.33. The first-order valence-electron chi connectivity index (χ1n) is 6.59. The van der Waals surface area contributed by atoms with Crippen molar-refractivity contribution in [1.29, 1.82) is 0 Å². The molecule has 0 aromatic heterocycles. The number of hydrogen-bond donors (Lipinski definition) is 3. The maximum Gasteiger partial charge on any atom is 0.160 e. The molecule has 4 nitrogen and oxygen atoms in total. The molecule has 1 atom stereocenters. The molecule has 5 heteroatoms. The summed E-state index contributed by atoms with van der Waals surface area (Å²) in [6.07, 6.45) is 4.07. The molecule has 0 fully saturated rings. The smallest absolute Gasteiger partial charge is 0.160 e. The van der Waals surface area contributed by atoms with E-state index in [9.17, 15) is 10.2 Å². The highest BCUT2D eigenvalue weighted by Crippen LogP contribution is 2.40. The largest absolute Gasteiger partial charge is 0.504 e. The first-order valence-corrected chi connectivity index (χ1v) is 6.59. The van der Waals surface area contributed by atoms with Crippen LogP contribution in [0.2, 0.25) is 0 Å². The van der Waals surface area contributed by atoms with Crippen molar-refractivity contribution < 1.29 is 10.2 Å². The van der Waals surface area contributed by atoms with E-state index >= 15 is 0 Å². The second-order valence-electron chi connectivity index (χ2n) is 4.99. The van der Waals surface area contributed by atoms with Crippen molar-refractivity contribution in [3.8, 4) is 11.5 Å². The van der Waals surface area contributed by atoms with Gasteiger partial charge in [-0.05, 0) is 30.9 Å². The van der Waals surface area contributed by atoms with Crippen molar-refractivity contribution in [3.05, 3.63) is 23.3 Å². The van der Waals surface area contributed by atoms with Crippen LogP contribution in [0.5, 0.6) is 11.5 Å². The molecule has 0 bridgehead atoms. The molecule has 1 aliphatic heterocycles. The molecule has 0 saturated heterocycles. The number of nitrogens with zero attached hydrogens (tertiary/aromatic N) is 1. The highest BCUT2D eigenvalue weighted by molar-refractivity contribution is 8.93. The standard InChI is InChI=1S/C14H18N2O2.BrH/c17-12-6-5-9-10(13(12)18)3-1-2-4-11(9)14-15-7-8-16-14;/h5-6,11,17-18H,1-4,7-8H2,(H,15,16);1H. The fourth-order valence-corrected chi connectivity index (χ4v) is 2.97. The van der Waals surface area contributed by atoms with E-state index in [-0.39, 0.29) is 34.4 Å². The molecular formula is C14H19BrN2O2. The Labute approximate surface area is 123 Å². The quantitative estimate of drug-likeness (QED) is 0.548. The zero-order chi connectivity index (χ0) is 12.5. The lowest BCUT2D eigenvalue weighted by Crippen LogP contribution is -2.25. The number of halogens is 1. The third kappa shape index (κ3) is 2.56. The summed E-state index contributed by atoms with van der Waals surface area (Å²) in [6.45, 7) is 1.75. The van der Waals surface area contributed by atoms with Crippen LogP contribution >= 0.6 is 17.0 Å². The van der Waals surface area contributed by atoms with E-state index in [1.165, 1.54) is 0 Å². The number of aromatic hydroxyl groups is 2. The highest BCUT2D eigenvalue weighted by atomic mass is 79.9. The van der Waals surface area contributed by atoms with Crippen molar-refractivity contribution >= 4 is 22.8 Å². The van der Waals surface area contributed by atoms with Crippen molar-refractivity contribution in [1.82, 2.24) is 5.32 Å². The molecule has 1 aliphatic carbocycles. The Morgan fingerprint density at radius 2 is 2.05 bits per heavy atom. The fraction of sp³-hybridized carbons (Fsp3) is 0.500. The molecule has 0 saturated carbocycles. The van der Waals surface area contributed by atoms with Crippen LogP contribution in [0.15, 0.2) is 17.1 Å². The Morgan fingerprint density at radius 3 is 2.79 bits per heavy atom. The maximum atomic E-state index is 10.0. The van der Waals surface area contributed by atoms with Crippen LogP contribution in [0.1, 0.15) is 36.3 Å². The molecule has 1 aromatic rings. The number of phenols is 2. The molecule has 0 spiro atoms. The molecule has 1 unspecified atom stereocenters. The van der Waals surface area contributed by atoms with Gasteiger partial charge in [0, 0.05) is 18.0 Å². The second-order valence-corrected chi connectivity index (χ2v) is 4.99. The van der Waals surface area contributed by atoms with Gasteiger partial charge in [-0.15, -0.1) is 17.0 Å². The Balaban J connectivity index is 0.00000133. The molecule has 104 valence electrons. The van der Waals surface area contributed by atoms with Crippen LogP contribution in [0, 0.1) is 0 Å². The van der Waals surface area contributed by atoms with Gasteiger partial charge in [0.2, 0.25) is 0 Å². The van der Waals surface area contributed by atoms with Crippen LogP contribution in [0.3, 0.4) is 0 Å². The van der Waals surface area contributed by atoms with Gasteiger partial charge in [0.1, 0.15) is 5.84 Å². The monoisotopic (exact) mass is 326 g/mol. The van der Waals surface area contributed by atoms with Gasteiger partial charge in [0.05, 0.1) is 6.54 Å². The molecule has 3 rings (SSSR count). The summed E-state index contributed by atoms with van der Waals surface area (Å²) in [7, 11) is 0. The summed E-state index contributed by atoms with van der Waals surface area (Å²) in [4.78, 5) is 4.51. The Morgan fingerprint density at radius 1 is 1.21 bits per heavy atom. The normalized spacial score (nSPS) is 21.7. The Kier molecular flexibility index (Phi) is 4.34. The van der Waals surface area contributed by atoms with Gasteiger partial charge in [-0.1, -0.05) is 12.5 Å². The fourth-order valence-electron chi connectivity index (χ4n) is 2.97. The van der Waals surface area contributed by atoms with E-state index < -0.39 is 0 Å². The molecule has 1 aromatic carbocycles. The average Bonchev–Trinajstić information content (AvgIpc) is 2.81. The average molecular weight is 327 g/mol. The lowest BCUT2D eigenvalue weighted by atomic mass is 9.91. The number of fused-ring (bicyclic) bond motifs is 1. The molecule has 0 amide bonds. The predicted molar refractivity (Wildman–Crippen MR) is 80.7 cm³/mol. The second kappa shape index (κ2) is 5.82. The Bertz CT molecular complexity index is 502. The molecule has 3 N–H and O–H groups in total. The van der Waals surface area contributed by atoms with Gasteiger partial charge in [-0.2, -0.15) is 0 Å². The molecule has 1 heterocycles. The SMILES string of the molecule is Br.Oc1ccc2c(c1O)CCCCC2C1=NCCN1. The lowest BCUT2D eigenvalue weighted by Gasteiger charge is -2.19. The van der Waals surface area contributed by atoms with Crippen LogP contribution in [0.4, 0.5) is 0 Å². The first kappa shape index (κ1) is 14.2. The highest BCUT2D eigenvalue weighted by Gasteiger charge is 2.27. The van der Waals surface area contributed by atoms with Crippen LogP contribution < -0.4 is 5.32 Å². The first-order chi connectivity index (χ1) is 8.77. The summed E-state index contributed by atoms with van der Waals surface area (Å²) in [5, 5.41) is 23.0. The third-order valence-electron chi connectivity index (χ3n) is 3.87. The molecule has 2 aliphatic rings. The number of rotatable bonds is 1. The van der Waals surface area contributed by atoms with E-state index in [0.717, 1.165) is 55.7 Å². The minimum atomic E-state index is -0.0179. The molecule has 19 heavy (non-hydrogen) atoms. The van der Waals surface area contributed by atoms with Gasteiger partial charge < -0.3 is 15.5 Å². The summed E-state index contributed by atoms with van der Waals surface area (Å²) < 4.78 is 0. The van der Waals surface area contributed by atoms with Crippen LogP contribution in [0.25, 0.3) is 0 Å². The predicted octanol–water partition coefficient (Wildman–Crippen LogP) is 2.49. The summed E-state index contributed by atoms with van der Waals surface area (Å²) in [5.41, 5.74) is 2.02. The third-order valence-corrected chi connectivity index (χ3v) is 3.87. The van der Waals surface area contributed by atoms with Gasteiger partial charge in [0.15, 0.2) is 11.5 Å². The number of amidine groups is 1. The van der Waals surface area contributed by atoms with Crippen molar-refractivity contribution in [3.63, 3.8) is 0 Å². The zero-order valence-electron chi connectivity index (χ0n) is 10.7. The van der Waals surface area contributed by atoms with E-state index in [1.807, 2.05) is 6.07 Å². The maximum absolute atomic E-state index is 10.0. The lowest BCUT2D eigenvalue weighted by molar-refractivity contribution is 0.398. The van der Waals surface area contributed by atoms with E-state index in [2.05, 4.69) is 10.3 Å². The minimum Gasteiger partial charge on any atom is -0.504 e. The van der Waals surface area contributed by atoms with E-state index in [0.29, 0.717) is 0 Å². The van der Waals surface area contributed by atoms with Gasteiger partial charge in [0.25, 0.3) is 0 Å². The number of nitrogens with one attached hydrogen (secondary N) is 1. The van der Waals surface area contributed by atoms with Gasteiger partial charge in [-0.3, -0.25) is 4.99 Å². The van der Waals surface area contributed by atoms with Crippen molar-refractivity contribution in [2.45, 2.75) is 31.6 Å². The topological polar surface area (TPSA) is 64.8 Å². The van der Waals surface area contributed by atoms with Crippen molar-refractivity contribution in [2.75, 3.05) is 13.1 Å². The van der Waals surface area contributed by atoms with Crippen LogP contribution in [-0.4, -0.2) is 29.1 Å². The number of aliphatic imine (C=N–C) groups is 1. The minimum absolute atomic E-state index is 0. The van der Waals surface area contributed by atoms with E-state index in [4.69, 9.17) is 0 Å². The zero-order valence-corrected chi connectivity index (χ0v) is 12.4. The molecular weight excluding hydrogens is 308 g/mol. The van der Waals surface area contributed by atoms with E-state index in [1.54, 1.807) is 6.07 Å². The van der Waals surface area contributed by atoms with Crippen LogP contribution in [-0.2, 0) is 6.42 Å². The summed E-state index contributed by atoms with van der Waals surface area (Å²) in [6, 6.07) is 3.52. The number of benzene rings is 1.